The molecule has 0 spiro atoms. The fraction of sp³-hybridized carbons (Fsp3) is 0.533. The Hall–Kier alpha value is -1.40. The summed E-state index contributed by atoms with van der Waals surface area (Å²) in [6.07, 6.45) is 1.78. The van der Waals surface area contributed by atoms with Crippen molar-refractivity contribution in [3.63, 3.8) is 0 Å². The van der Waals surface area contributed by atoms with Crippen LogP contribution in [-0.4, -0.2) is 27.5 Å². The van der Waals surface area contributed by atoms with Gasteiger partial charge in [-0.15, -0.1) is 0 Å². The van der Waals surface area contributed by atoms with Gasteiger partial charge in [0.05, 0.1) is 17.6 Å². The number of benzene rings is 1. The first kappa shape index (κ1) is 17.7. The second-order valence-corrected chi connectivity index (χ2v) is 6.66. The van der Waals surface area contributed by atoms with Gasteiger partial charge in [-0.1, -0.05) is 38.8 Å². The summed E-state index contributed by atoms with van der Waals surface area (Å²) in [4.78, 5) is 11.7. The number of carbonyl (C=O) groups excluding carboxylic acids is 1. The first-order chi connectivity index (χ1) is 9.87. The van der Waals surface area contributed by atoms with E-state index in [9.17, 15) is 13.2 Å². The Bertz CT molecular complexity index is 579. The van der Waals surface area contributed by atoms with Crippen LogP contribution in [0.4, 0.5) is 0 Å². The number of carbonyl (C=O) groups is 1. The van der Waals surface area contributed by atoms with E-state index < -0.39 is 16.0 Å². The normalized spacial score (nSPS) is 13.2. The molecule has 21 heavy (non-hydrogen) atoms. The van der Waals surface area contributed by atoms with Gasteiger partial charge in [-0.3, -0.25) is 0 Å². The highest BCUT2D eigenvalue weighted by molar-refractivity contribution is 7.89. The molecular weight excluding hydrogens is 290 g/mol. The number of nitrogens with one attached hydrogen (secondary N) is 1. The predicted molar refractivity (Wildman–Crippen MR) is 81.6 cm³/mol. The van der Waals surface area contributed by atoms with Crippen molar-refractivity contribution in [2.24, 2.45) is 5.92 Å². The van der Waals surface area contributed by atoms with Gasteiger partial charge in [0.25, 0.3) is 0 Å². The molecule has 0 heterocycles. The van der Waals surface area contributed by atoms with Crippen LogP contribution >= 0.6 is 0 Å². The molecular formula is C15H23NO4S. The van der Waals surface area contributed by atoms with Crippen molar-refractivity contribution in [3.05, 3.63) is 29.8 Å². The number of hydrogen-bond acceptors (Lipinski definition) is 4. The summed E-state index contributed by atoms with van der Waals surface area (Å²) in [5.41, 5.74) is 0.0456. The summed E-state index contributed by atoms with van der Waals surface area (Å²) in [5, 5.41) is 0. The van der Waals surface area contributed by atoms with E-state index in [0.717, 1.165) is 12.8 Å². The Balaban J connectivity index is 3.12. The Morgan fingerprint density at radius 2 is 1.81 bits per heavy atom. The van der Waals surface area contributed by atoms with Gasteiger partial charge in [0, 0.05) is 6.04 Å². The molecule has 0 aliphatic rings. The molecule has 1 atom stereocenters. The van der Waals surface area contributed by atoms with Crippen LogP contribution in [0, 0.1) is 5.92 Å². The average Bonchev–Trinajstić information content (AvgIpc) is 2.47. The number of sulfonamides is 1. The van der Waals surface area contributed by atoms with Crippen LogP contribution in [0.2, 0.25) is 0 Å². The molecule has 0 aliphatic carbocycles. The van der Waals surface area contributed by atoms with Gasteiger partial charge in [-0.25, -0.2) is 17.9 Å². The molecule has 1 N–H and O–H groups in total. The molecule has 0 saturated carbocycles. The predicted octanol–water partition coefficient (Wildman–Crippen LogP) is 2.58. The van der Waals surface area contributed by atoms with Crippen molar-refractivity contribution in [2.75, 3.05) is 7.11 Å². The Labute approximate surface area is 126 Å². The molecule has 0 fully saturated rings. The van der Waals surface area contributed by atoms with E-state index in [-0.39, 0.29) is 22.4 Å². The number of rotatable bonds is 7. The third-order valence-corrected chi connectivity index (χ3v) is 5.30. The van der Waals surface area contributed by atoms with Gasteiger partial charge in [0.2, 0.25) is 10.0 Å². The highest BCUT2D eigenvalue weighted by atomic mass is 32.2. The second-order valence-electron chi connectivity index (χ2n) is 4.97. The standard InChI is InChI=1S/C15H23NO4S/c1-5-12(6-2)11(3)16-21(18,19)14-10-8-7-9-13(14)15(17)20-4/h7-12,16H,5-6H2,1-4H3. The lowest BCUT2D eigenvalue weighted by Crippen LogP contribution is -2.38. The van der Waals surface area contributed by atoms with E-state index in [2.05, 4.69) is 9.46 Å². The lowest BCUT2D eigenvalue weighted by Gasteiger charge is -2.22. The number of esters is 1. The third kappa shape index (κ3) is 4.28. The zero-order valence-corrected chi connectivity index (χ0v) is 13.7. The van der Waals surface area contributed by atoms with Crippen molar-refractivity contribution in [2.45, 2.75) is 44.6 Å². The lowest BCUT2D eigenvalue weighted by atomic mass is 9.96. The molecule has 0 amide bonds. The highest BCUT2D eigenvalue weighted by Crippen LogP contribution is 2.19. The van der Waals surface area contributed by atoms with Crippen molar-refractivity contribution >= 4 is 16.0 Å². The number of ether oxygens (including phenoxy) is 1. The van der Waals surface area contributed by atoms with Gasteiger partial charge in [0.15, 0.2) is 0 Å². The first-order valence-corrected chi connectivity index (χ1v) is 8.55. The van der Waals surface area contributed by atoms with Crippen molar-refractivity contribution < 1.29 is 17.9 Å². The molecule has 1 aromatic carbocycles. The van der Waals surface area contributed by atoms with Crippen molar-refractivity contribution in [1.82, 2.24) is 4.72 Å². The molecule has 0 radical (unpaired) electrons. The maximum Gasteiger partial charge on any atom is 0.339 e. The van der Waals surface area contributed by atoms with Crippen LogP contribution in [0.15, 0.2) is 29.2 Å². The summed E-state index contributed by atoms with van der Waals surface area (Å²) >= 11 is 0. The zero-order valence-electron chi connectivity index (χ0n) is 12.9. The Morgan fingerprint density at radius 3 is 2.33 bits per heavy atom. The van der Waals surface area contributed by atoms with Crippen LogP contribution in [0.5, 0.6) is 0 Å². The van der Waals surface area contributed by atoms with Gasteiger partial charge in [-0.05, 0) is 25.0 Å². The molecule has 0 aliphatic heterocycles. The van der Waals surface area contributed by atoms with Gasteiger partial charge >= 0.3 is 5.97 Å². The maximum absolute atomic E-state index is 12.5. The number of methoxy groups -OCH3 is 1. The second kappa shape index (κ2) is 7.56. The molecule has 1 rings (SSSR count). The molecule has 118 valence electrons. The van der Waals surface area contributed by atoms with Crippen LogP contribution in [-0.2, 0) is 14.8 Å². The fourth-order valence-corrected chi connectivity index (χ4v) is 3.89. The van der Waals surface area contributed by atoms with Crippen LogP contribution in [0.25, 0.3) is 0 Å². The van der Waals surface area contributed by atoms with E-state index in [0.29, 0.717) is 0 Å². The largest absolute Gasteiger partial charge is 0.465 e. The summed E-state index contributed by atoms with van der Waals surface area (Å²) in [6.45, 7) is 5.90. The van der Waals surface area contributed by atoms with E-state index >= 15 is 0 Å². The van der Waals surface area contributed by atoms with E-state index in [1.165, 1.54) is 19.2 Å². The highest BCUT2D eigenvalue weighted by Gasteiger charge is 2.26. The zero-order chi connectivity index (χ0) is 16.0. The minimum absolute atomic E-state index is 0.0456. The van der Waals surface area contributed by atoms with Crippen molar-refractivity contribution in [3.8, 4) is 0 Å². The SMILES string of the molecule is CCC(CC)C(C)NS(=O)(=O)c1ccccc1C(=O)OC. The number of hydrogen-bond donors (Lipinski definition) is 1. The monoisotopic (exact) mass is 313 g/mol. The van der Waals surface area contributed by atoms with Crippen LogP contribution in [0.1, 0.15) is 44.0 Å². The van der Waals surface area contributed by atoms with Crippen LogP contribution in [0.3, 0.4) is 0 Å². The van der Waals surface area contributed by atoms with Crippen molar-refractivity contribution in [1.29, 1.82) is 0 Å². The maximum atomic E-state index is 12.5. The van der Waals surface area contributed by atoms with E-state index in [1.807, 2.05) is 20.8 Å². The molecule has 5 nitrogen and oxygen atoms in total. The summed E-state index contributed by atoms with van der Waals surface area (Å²) in [7, 11) is -2.53. The Kier molecular flexibility index (Phi) is 6.36. The minimum atomic E-state index is -3.76. The average molecular weight is 313 g/mol. The van der Waals surface area contributed by atoms with Crippen LogP contribution < -0.4 is 4.72 Å². The van der Waals surface area contributed by atoms with Gasteiger partial charge < -0.3 is 4.74 Å². The van der Waals surface area contributed by atoms with E-state index in [1.54, 1.807) is 12.1 Å². The topological polar surface area (TPSA) is 72.5 Å². The third-order valence-electron chi connectivity index (χ3n) is 3.68. The molecule has 1 aromatic rings. The molecule has 0 aromatic heterocycles. The van der Waals surface area contributed by atoms with E-state index in [4.69, 9.17) is 0 Å². The van der Waals surface area contributed by atoms with Gasteiger partial charge in [-0.2, -0.15) is 0 Å². The quantitative estimate of drug-likeness (QED) is 0.785. The summed E-state index contributed by atoms with van der Waals surface area (Å²) in [5.74, 6) is -0.406. The molecule has 0 bridgehead atoms. The lowest BCUT2D eigenvalue weighted by molar-refractivity contribution is 0.0596. The first-order valence-electron chi connectivity index (χ1n) is 7.07. The molecule has 0 saturated heterocycles. The fourth-order valence-electron chi connectivity index (χ4n) is 2.38. The summed E-state index contributed by atoms with van der Waals surface area (Å²) in [6, 6.07) is 5.85. The minimum Gasteiger partial charge on any atom is -0.465 e. The van der Waals surface area contributed by atoms with Gasteiger partial charge in [0.1, 0.15) is 0 Å². The smallest absolute Gasteiger partial charge is 0.339 e. The Morgan fingerprint density at radius 1 is 1.24 bits per heavy atom. The molecule has 1 unspecified atom stereocenters. The summed E-state index contributed by atoms with van der Waals surface area (Å²) < 4.78 is 32.3. The molecule has 6 heteroatoms.